The molecule has 1 aromatic carbocycles. The Bertz CT molecular complexity index is 462. The van der Waals surface area contributed by atoms with Gasteiger partial charge in [0, 0.05) is 25.1 Å². The van der Waals surface area contributed by atoms with Crippen LogP contribution in [0.3, 0.4) is 0 Å². The average molecular weight is 267 g/mol. The highest BCUT2D eigenvalue weighted by molar-refractivity contribution is 5.70. The van der Waals surface area contributed by atoms with Crippen molar-refractivity contribution in [1.29, 1.82) is 0 Å². The van der Waals surface area contributed by atoms with E-state index in [4.69, 9.17) is 10.5 Å². The molecule has 0 saturated heterocycles. The molecule has 0 atom stereocenters. The Kier molecular flexibility index (Phi) is 5.59. The van der Waals surface area contributed by atoms with Crippen molar-refractivity contribution in [2.24, 2.45) is 0 Å². The van der Waals surface area contributed by atoms with Gasteiger partial charge in [0.2, 0.25) is 0 Å². The standard InChI is InChI=1S/C12H17N3O4/c1-2-19-12(16)4-3-7-14-11-6-5-9(15(17)18)8-10(11)13/h5-6,8,14H,2-4,7,13H2,1H3. The van der Waals surface area contributed by atoms with Gasteiger partial charge in [0.15, 0.2) is 0 Å². The number of ether oxygens (including phenoxy) is 1. The van der Waals surface area contributed by atoms with Gasteiger partial charge < -0.3 is 15.8 Å². The van der Waals surface area contributed by atoms with Crippen LogP contribution < -0.4 is 11.1 Å². The van der Waals surface area contributed by atoms with Crippen LogP contribution in [0.25, 0.3) is 0 Å². The zero-order chi connectivity index (χ0) is 14.3. The van der Waals surface area contributed by atoms with E-state index >= 15 is 0 Å². The number of nitro groups is 1. The number of hydrogen-bond donors (Lipinski definition) is 2. The Morgan fingerprint density at radius 2 is 2.26 bits per heavy atom. The van der Waals surface area contributed by atoms with E-state index < -0.39 is 4.92 Å². The Balaban J connectivity index is 2.41. The molecule has 0 saturated carbocycles. The molecule has 0 heterocycles. The third kappa shape index (κ3) is 4.82. The van der Waals surface area contributed by atoms with Gasteiger partial charge >= 0.3 is 5.97 Å². The van der Waals surface area contributed by atoms with Crippen molar-refractivity contribution in [3.8, 4) is 0 Å². The second-order valence-electron chi connectivity index (χ2n) is 3.86. The number of nitrogens with one attached hydrogen (secondary N) is 1. The highest BCUT2D eigenvalue weighted by atomic mass is 16.6. The molecule has 3 N–H and O–H groups in total. The molecule has 0 radical (unpaired) electrons. The predicted molar refractivity (Wildman–Crippen MR) is 71.9 cm³/mol. The van der Waals surface area contributed by atoms with Gasteiger partial charge in [-0.2, -0.15) is 0 Å². The second kappa shape index (κ2) is 7.20. The fourth-order valence-corrected chi connectivity index (χ4v) is 1.51. The van der Waals surface area contributed by atoms with Crippen LogP contribution >= 0.6 is 0 Å². The van der Waals surface area contributed by atoms with Crippen molar-refractivity contribution in [3.63, 3.8) is 0 Å². The zero-order valence-corrected chi connectivity index (χ0v) is 10.7. The van der Waals surface area contributed by atoms with Crippen molar-refractivity contribution in [3.05, 3.63) is 28.3 Å². The fraction of sp³-hybridized carbons (Fsp3) is 0.417. The number of anilines is 2. The lowest BCUT2D eigenvalue weighted by Crippen LogP contribution is -2.09. The number of carbonyl (C=O) groups is 1. The maximum atomic E-state index is 11.1. The van der Waals surface area contributed by atoms with E-state index in [1.807, 2.05) is 0 Å². The van der Waals surface area contributed by atoms with E-state index in [0.29, 0.717) is 37.4 Å². The lowest BCUT2D eigenvalue weighted by Gasteiger charge is -2.08. The summed E-state index contributed by atoms with van der Waals surface area (Å²) < 4.78 is 4.79. The van der Waals surface area contributed by atoms with Gasteiger partial charge in [-0.1, -0.05) is 0 Å². The van der Waals surface area contributed by atoms with E-state index in [-0.39, 0.29) is 11.7 Å². The van der Waals surface area contributed by atoms with Crippen LogP contribution in [0.2, 0.25) is 0 Å². The van der Waals surface area contributed by atoms with Crippen molar-refractivity contribution in [2.45, 2.75) is 19.8 Å². The fourth-order valence-electron chi connectivity index (χ4n) is 1.51. The van der Waals surface area contributed by atoms with Crippen LogP contribution in [0.5, 0.6) is 0 Å². The van der Waals surface area contributed by atoms with Crippen LogP contribution in [-0.2, 0) is 9.53 Å². The average Bonchev–Trinajstić information content (AvgIpc) is 2.36. The monoisotopic (exact) mass is 267 g/mol. The van der Waals surface area contributed by atoms with Crippen molar-refractivity contribution in [1.82, 2.24) is 0 Å². The van der Waals surface area contributed by atoms with E-state index in [0.717, 1.165) is 0 Å². The van der Waals surface area contributed by atoms with Gasteiger partial charge in [-0.05, 0) is 19.4 Å². The lowest BCUT2D eigenvalue weighted by atomic mass is 10.2. The third-order valence-electron chi connectivity index (χ3n) is 2.42. The third-order valence-corrected chi connectivity index (χ3v) is 2.42. The van der Waals surface area contributed by atoms with E-state index in [2.05, 4.69) is 5.32 Å². The van der Waals surface area contributed by atoms with E-state index in [9.17, 15) is 14.9 Å². The van der Waals surface area contributed by atoms with Gasteiger partial charge in [0.25, 0.3) is 5.69 Å². The first kappa shape index (κ1) is 14.7. The zero-order valence-electron chi connectivity index (χ0n) is 10.7. The molecule has 0 amide bonds. The first-order valence-electron chi connectivity index (χ1n) is 5.98. The Morgan fingerprint density at radius 1 is 1.53 bits per heavy atom. The molecule has 0 aliphatic heterocycles. The quantitative estimate of drug-likeness (QED) is 0.257. The Hall–Kier alpha value is -2.31. The van der Waals surface area contributed by atoms with Gasteiger partial charge in [0.05, 0.1) is 22.9 Å². The van der Waals surface area contributed by atoms with E-state index in [1.165, 1.54) is 12.1 Å². The molecule has 0 aliphatic carbocycles. The number of benzene rings is 1. The molecule has 7 nitrogen and oxygen atoms in total. The molecule has 104 valence electrons. The van der Waals surface area contributed by atoms with Crippen LogP contribution in [0, 0.1) is 10.1 Å². The maximum absolute atomic E-state index is 11.1. The molecule has 7 heteroatoms. The summed E-state index contributed by atoms with van der Waals surface area (Å²) >= 11 is 0. The number of esters is 1. The highest BCUT2D eigenvalue weighted by Crippen LogP contribution is 2.23. The minimum absolute atomic E-state index is 0.0467. The van der Waals surface area contributed by atoms with Gasteiger partial charge in [-0.25, -0.2) is 0 Å². The van der Waals surface area contributed by atoms with Crippen LogP contribution in [0.4, 0.5) is 17.1 Å². The van der Waals surface area contributed by atoms with Gasteiger partial charge in [-0.3, -0.25) is 14.9 Å². The largest absolute Gasteiger partial charge is 0.466 e. The van der Waals surface area contributed by atoms with Crippen LogP contribution in [-0.4, -0.2) is 24.0 Å². The topological polar surface area (TPSA) is 107 Å². The normalized spacial score (nSPS) is 9.95. The maximum Gasteiger partial charge on any atom is 0.305 e. The summed E-state index contributed by atoms with van der Waals surface area (Å²) in [4.78, 5) is 21.1. The number of nitrogens with two attached hydrogens (primary N) is 1. The molecule has 0 aliphatic rings. The van der Waals surface area contributed by atoms with Crippen LogP contribution in [0.15, 0.2) is 18.2 Å². The summed E-state index contributed by atoms with van der Waals surface area (Å²) in [6.45, 7) is 2.68. The Labute approximate surface area is 110 Å². The molecular weight excluding hydrogens is 250 g/mol. The van der Waals surface area contributed by atoms with Gasteiger partial charge in [0.1, 0.15) is 0 Å². The summed E-state index contributed by atoms with van der Waals surface area (Å²) in [5.74, 6) is -0.235. The predicted octanol–water partition coefficient (Wildman–Crippen LogP) is 1.93. The van der Waals surface area contributed by atoms with Crippen LogP contribution in [0.1, 0.15) is 19.8 Å². The molecule has 0 bridgehead atoms. The minimum Gasteiger partial charge on any atom is -0.466 e. The summed E-state index contributed by atoms with van der Waals surface area (Å²) in [7, 11) is 0. The number of rotatable bonds is 7. The molecule has 0 fully saturated rings. The van der Waals surface area contributed by atoms with E-state index in [1.54, 1.807) is 13.0 Å². The number of nitro benzene ring substituents is 1. The number of non-ortho nitro benzene ring substituents is 1. The first-order chi connectivity index (χ1) is 9.04. The molecule has 1 rings (SSSR count). The SMILES string of the molecule is CCOC(=O)CCCNc1ccc([N+](=O)[O-])cc1N. The highest BCUT2D eigenvalue weighted by Gasteiger charge is 2.08. The minimum atomic E-state index is -0.499. The van der Waals surface area contributed by atoms with Gasteiger partial charge in [-0.15, -0.1) is 0 Å². The molecule has 19 heavy (non-hydrogen) atoms. The summed E-state index contributed by atoms with van der Waals surface area (Å²) in [6, 6.07) is 4.23. The van der Waals surface area contributed by atoms with Crippen molar-refractivity contribution >= 4 is 23.0 Å². The Morgan fingerprint density at radius 3 is 2.84 bits per heavy atom. The lowest BCUT2D eigenvalue weighted by molar-refractivity contribution is -0.384. The summed E-state index contributed by atoms with van der Waals surface area (Å²) in [5, 5.41) is 13.6. The number of carbonyl (C=O) groups excluding carboxylic acids is 1. The summed E-state index contributed by atoms with van der Waals surface area (Å²) in [5.41, 5.74) is 6.57. The molecular formula is C12H17N3O4. The number of nitrogens with zero attached hydrogens (tertiary/aromatic N) is 1. The first-order valence-corrected chi connectivity index (χ1v) is 5.98. The molecule has 0 unspecified atom stereocenters. The van der Waals surface area contributed by atoms with Crippen molar-refractivity contribution in [2.75, 3.05) is 24.2 Å². The molecule has 0 aromatic heterocycles. The van der Waals surface area contributed by atoms with Crippen molar-refractivity contribution < 1.29 is 14.5 Å². The number of nitrogen functional groups attached to an aromatic ring is 1. The summed E-state index contributed by atoms with van der Waals surface area (Å²) in [6.07, 6.45) is 0.934. The smallest absolute Gasteiger partial charge is 0.305 e. The molecule has 0 spiro atoms. The molecule has 1 aromatic rings. The number of hydrogen-bond acceptors (Lipinski definition) is 6. The second-order valence-corrected chi connectivity index (χ2v) is 3.86.